The van der Waals surface area contributed by atoms with E-state index in [1.807, 2.05) is 4.90 Å². The molecule has 1 heterocycles. The molecule has 2 atom stereocenters. The number of carbonyl (C=O) groups is 2. The summed E-state index contributed by atoms with van der Waals surface area (Å²) in [7, 11) is 0. The zero-order valence-corrected chi connectivity index (χ0v) is 17.9. The Balaban J connectivity index is 1.71. The molecule has 1 aromatic rings. The van der Waals surface area contributed by atoms with Gasteiger partial charge in [0.05, 0.1) is 4.92 Å². The van der Waals surface area contributed by atoms with Gasteiger partial charge in [-0.1, -0.05) is 26.2 Å². The summed E-state index contributed by atoms with van der Waals surface area (Å²) in [5.74, 6) is 0.278. The maximum atomic E-state index is 12.8. The molecule has 1 N–H and O–H groups in total. The van der Waals surface area contributed by atoms with Crippen LogP contribution in [0.5, 0.6) is 0 Å². The molecule has 1 aromatic carbocycles. The van der Waals surface area contributed by atoms with Gasteiger partial charge in [-0.25, -0.2) is 0 Å². The number of unbranched alkanes of at least 4 members (excludes halogenated alkanes) is 1. The van der Waals surface area contributed by atoms with Crippen molar-refractivity contribution in [3.63, 3.8) is 0 Å². The average molecular weight is 417 g/mol. The Bertz CT molecular complexity index is 789. The summed E-state index contributed by atoms with van der Waals surface area (Å²) in [5, 5.41) is 14.8. The minimum atomic E-state index is -0.427. The van der Waals surface area contributed by atoms with Gasteiger partial charge in [0.2, 0.25) is 5.91 Å². The first-order valence-corrected chi connectivity index (χ1v) is 11.0. The molecule has 2 unspecified atom stereocenters. The third kappa shape index (κ3) is 5.09. The van der Waals surface area contributed by atoms with Gasteiger partial charge < -0.3 is 15.1 Å². The lowest BCUT2D eigenvalue weighted by Gasteiger charge is -2.35. The van der Waals surface area contributed by atoms with Crippen molar-refractivity contribution >= 4 is 23.2 Å². The molecule has 0 radical (unpaired) electrons. The van der Waals surface area contributed by atoms with Crippen molar-refractivity contribution in [2.24, 2.45) is 5.92 Å². The van der Waals surface area contributed by atoms with Gasteiger partial charge in [0.1, 0.15) is 5.69 Å². The summed E-state index contributed by atoms with van der Waals surface area (Å²) in [5.41, 5.74) is 0.767. The van der Waals surface area contributed by atoms with E-state index >= 15 is 0 Å². The molecule has 8 heteroatoms. The Morgan fingerprint density at radius 2 is 1.93 bits per heavy atom. The Kier molecular flexibility index (Phi) is 7.29. The fourth-order valence-corrected chi connectivity index (χ4v) is 4.63. The van der Waals surface area contributed by atoms with Crippen molar-refractivity contribution in [3.8, 4) is 0 Å². The van der Waals surface area contributed by atoms with Crippen LogP contribution in [0.1, 0.15) is 62.7 Å². The molecule has 164 valence electrons. The monoisotopic (exact) mass is 416 g/mol. The number of hydrogen-bond acceptors (Lipinski definition) is 5. The van der Waals surface area contributed by atoms with Crippen molar-refractivity contribution in [3.05, 3.63) is 33.9 Å². The number of anilines is 1. The largest absolute Gasteiger partial charge is 0.362 e. The quantitative estimate of drug-likeness (QED) is 0.543. The highest BCUT2D eigenvalue weighted by Gasteiger charge is 2.30. The summed E-state index contributed by atoms with van der Waals surface area (Å²) in [6.45, 7) is 5.84. The van der Waals surface area contributed by atoms with Crippen LogP contribution in [-0.2, 0) is 4.79 Å². The number of hydrogen-bond donors (Lipinski definition) is 1. The fraction of sp³-hybridized carbons (Fsp3) is 0.636. The Labute approximate surface area is 177 Å². The lowest BCUT2D eigenvalue weighted by atomic mass is 9.96. The van der Waals surface area contributed by atoms with Crippen LogP contribution in [0.4, 0.5) is 11.4 Å². The minimum Gasteiger partial charge on any atom is -0.362 e. The van der Waals surface area contributed by atoms with E-state index < -0.39 is 4.92 Å². The fourth-order valence-electron chi connectivity index (χ4n) is 4.63. The number of nitro groups is 1. The van der Waals surface area contributed by atoms with Crippen LogP contribution >= 0.6 is 0 Å². The van der Waals surface area contributed by atoms with E-state index in [9.17, 15) is 19.7 Å². The maximum absolute atomic E-state index is 12.8. The molecular weight excluding hydrogens is 384 g/mol. The molecule has 1 aliphatic carbocycles. The van der Waals surface area contributed by atoms with Crippen molar-refractivity contribution in [2.45, 2.75) is 58.4 Å². The predicted octanol–water partition coefficient (Wildman–Crippen LogP) is 3.35. The first kappa shape index (κ1) is 22.1. The van der Waals surface area contributed by atoms with Crippen LogP contribution in [0.25, 0.3) is 0 Å². The first-order valence-electron chi connectivity index (χ1n) is 11.0. The van der Waals surface area contributed by atoms with Crippen LogP contribution < -0.4 is 10.2 Å². The standard InChI is InChI=1S/C22H32N4O4/c1-3-4-6-17-7-5-8-19(17)23-22(28)18-9-10-20(21(15-18)26(29)30)25-13-11-24(12-14-25)16(2)27/h9-10,15,17,19H,3-8,11-14H2,1-2H3,(H,23,28). The molecule has 0 spiro atoms. The number of carbonyl (C=O) groups excluding carboxylic acids is 2. The zero-order valence-electron chi connectivity index (χ0n) is 17.9. The molecule has 3 rings (SSSR count). The molecule has 8 nitrogen and oxygen atoms in total. The van der Waals surface area contributed by atoms with Gasteiger partial charge in [-0.15, -0.1) is 0 Å². The van der Waals surface area contributed by atoms with Gasteiger partial charge in [-0.05, 0) is 37.3 Å². The van der Waals surface area contributed by atoms with Crippen molar-refractivity contribution in [1.82, 2.24) is 10.2 Å². The predicted molar refractivity (Wildman–Crippen MR) is 116 cm³/mol. The third-order valence-corrected chi connectivity index (χ3v) is 6.40. The molecule has 0 aromatic heterocycles. The number of nitrogens with zero attached hydrogens (tertiary/aromatic N) is 3. The molecule has 2 aliphatic rings. The van der Waals surface area contributed by atoms with Gasteiger partial charge in [-0.3, -0.25) is 19.7 Å². The second-order valence-corrected chi connectivity index (χ2v) is 8.37. The maximum Gasteiger partial charge on any atom is 0.293 e. The summed E-state index contributed by atoms with van der Waals surface area (Å²) in [6, 6.07) is 4.88. The number of piperazine rings is 1. The van der Waals surface area contributed by atoms with Crippen LogP contribution in [-0.4, -0.2) is 53.9 Å². The number of rotatable bonds is 7. The Morgan fingerprint density at radius 3 is 2.57 bits per heavy atom. The number of benzene rings is 1. The van der Waals surface area contributed by atoms with E-state index in [0.717, 1.165) is 38.5 Å². The van der Waals surface area contributed by atoms with Gasteiger partial charge in [0.25, 0.3) is 11.6 Å². The van der Waals surface area contributed by atoms with E-state index in [-0.39, 0.29) is 23.5 Å². The third-order valence-electron chi connectivity index (χ3n) is 6.40. The smallest absolute Gasteiger partial charge is 0.293 e. The highest BCUT2D eigenvalue weighted by Crippen LogP contribution is 2.32. The van der Waals surface area contributed by atoms with Crippen molar-refractivity contribution < 1.29 is 14.5 Å². The van der Waals surface area contributed by atoms with E-state index in [0.29, 0.717) is 43.3 Å². The lowest BCUT2D eigenvalue weighted by Crippen LogP contribution is -2.48. The van der Waals surface area contributed by atoms with E-state index in [1.165, 1.54) is 13.0 Å². The normalized spacial score (nSPS) is 21.5. The molecule has 2 amide bonds. The molecule has 1 saturated heterocycles. The Morgan fingerprint density at radius 1 is 1.20 bits per heavy atom. The van der Waals surface area contributed by atoms with Crippen molar-refractivity contribution in [2.75, 3.05) is 31.1 Å². The van der Waals surface area contributed by atoms with Crippen LogP contribution in [0.2, 0.25) is 0 Å². The highest BCUT2D eigenvalue weighted by atomic mass is 16.6. The molecular formula is C22H32N4O4. The van der Waals surface area contributed by atoms with Crippen LogP contribution in [0, 0.1) is 16.0 Å². The Hall–Kier alpha value is -2.64. The van der Waals surface area contributed by atoms with E-state index in [1.54, 1.807) is 17.0 Å². The minimum absolute atomic E-state index is 0.0142. The number of nitro benzene ring substituents is 1. The first-order chi connectivity index (χ1) is 14.4. The highest BCUT2D eigenvalue weighted by molar-refractivity contribution is 5.96. The summed E-state index contributed by atoms with van der Waals surface area (Å²) >= 11 is 0. The second-order valence-electron chi connectivity index (χ2n) is 8.37. The molecule has 0 bridgehead atoms. The SMILES string of the molecule is CCCCC1CCCC1NC(=O)c1ccc(N2CCN(C(C)=O)CC2)c([N+](=O)[O-])c1. The van der Waals surface area contributed by atoms with Crippen LogP contribution in [0.15, 0.2) is 18.2 Å². The number of amides is 2. The average Bonchev–Trinajstić information content (AvgIpc) is 3.18. The molecule has 30 heavy (non-hydrogen) atoms. The van der Waals surface area contributed by atoms with E-state index in [2.05, 4.69) is 12.2 Å². The summed E-state index contributed by atoms with van der Waals surface area (Å²) in [6.07, 6.45) is 6.65. The molecule has 1 aliphatic heterocycles. The second kappa shape index (κ2) is 9.91. The van der Waals surface area contributed by atoms with Gasteiger partial charge >= 0.3 is 0 Å². The summed E-state index contributed by atoms with van der Waals surface area (Å²) in [4.78, 5) is 39.3. The van der Waals surface area contributed by atoms with Gasteiger partial charge in [0.15, 0.2) is 0 Å². The summed E-state index contributed by atoms with van der Waals surface area (Å²) < 4.78 is 0. The van der Waals surface area contributed by atoms with E-state index in [4.69, 9.17) is 0 Å². The van der Waals surface area contributed by atoms with Gasteiger partial charge in [0, 0.05) is 50.8 Å². The molecule has 1 saturated carbocycles. The topological polar surface area (TPSA) is 95.8 Å². The van der Waals surface area contributed by atoms with Crippen LogP contribution in [0.3, 0.4) is 0 Å². The van der Waals surface area contributed by atoms with Crippen molar-refractivity contribution in [1.29, 1.82) is 0 Å². The molecule has 2 fully saturated rings. The lowest BCUT2D eigenvalue weighted by molar-refractivity contribution is -0.384. The number of nitrogens with one attached hydrogen (secondary N) is 1. The zero-order chi connectivity index (χ0) is 21.7. The van der Waals surface area contributed by atoms with Gasteiger partial charge in [-0.2, -0.15) is 0 Å².